The Bertz CT molecular complexity index is 531. The van der Waals surface area contributed by atoms with Gasteiger partial charge in [0.05, 0.1) is 0 Å². The van der Waals surface area contributed by atoms with E-state index in [1.165, 1.54) is 25.1 Å². The van der Waals surface area contributed by atoms with Crippen molar-refractivity contribution in [3.05, 3.63) is 35.1 Å². The number of benzene rings is 1. The number of hydrogen-bond acceptors (Lipinski definition) is 2. The number of hydrogen-bond donors (Lipinski definition) is 1. The molecule has 1 atom stereocenters. The van der Waals surface area contributed by atoms with E-state index in [9.17, 15) is 14.0 Å². The fourth-order valence-electron chi connectivity index (χ4n) is 2.60. The first-order valence-corrected chi connectivity index (χ1v) is 6.80. The molecule has 1 aromatic rings. The summed E-state index contributed by atoms with van der Waals surface area (Å²) < 4.78 is 13.1. The van der Waals surface area contributed by atoms with E-state index in [1.807, 2.05) is 0 Å². The fraction of sp³-hybridized carbons (Fsp3) is 0.467. The molecule has 5 heteroatoms. The molecule has 0 bridgehead atoms. The lowest BCUT2D eigenvalue weighted by atomic mass is 10.0. The van der Waals surface area contributed by atoms with Crippen LogP contribution in [0.3, 0.4) is 0 Å². The molecule has 0 aromatic heterocycles. The highest BCUT2D eigenvalue weighted by molar-refractivity contribution is 5.95. The van der Waals surface area contributed by atoms with Crippen molar-refractivity contribution in [2.24, 2.45) is 0 Å². The summed E-state index contributed by atoms with van der Waals surface area (Å²) in [5.74, 6) is -0.520. The molecule has 2 rings (SSSR count). The van der Waals surface area contributed by atoms with Gasteiger partial charge >= 0.3 is 0 Å². The minimum absolute atomic E-state index is 0.00551. The van der Waals surface area contributed by atoms with E-state index in [-0.39, 0.29) is 23.7 Å². The maximum atomic E-state index is 13.1. The predicted octanol–water partition coefficient (Wildman–Crippen LogP) is 1.87. The van der Waals surface area contributed by atoms with E-state index in [2.05, 4.69) is 5.32 Å². The lowest BCUT2D eigenvalue weighted by Crippen LogP contribution is -2.49. The Hall–Kier alpha value is -1.91. The SMILES string of the molecule is CC(=O)NC1CCCN(C(=O)c2ccc(F)cc2C)C1. The molecule has 0 aliphatic carbocycles. The average molecular weight is 278 g/mol. The normalized spacial score (nSPS) is 18.8. The molecule has 1 fully saturated rings. The van der Waals surface area contributed by atoms with Crippen LogP contribution in [0, 0.1) is 12.7 Å². The molecule has 1 N–H and O–H groups in total. The van der Waals surface area contributed by atoms with Gasteiger partial charge in [-0.2, -0.15) is 0 Å². The van der Waals surface area contributed by atoms with E-state index in [0.29, 0.717) is 24.2 Å². The molecular weight excluding hydrogens is 259 g/mol. The summed E-state index contributed by atoms with van der Waals surface area (Å²) in [6.45, 7) is 4.39. The van der Waals surface area contributed by atoms with Crippen LogP contribution in [-0.2, 0) is 4.79 Å². The molecule has 1 aliphatic heterocycles. The average Bonchev–Trinajstić information content (AvgIpc) is 2.37. The van der Waals surface area contributed by atoms with Crippen LogP contribution in [0.1, 0.15) is 35.7 Å². The molecular formula is C15H19FN2O2. The molecule has 0 spiro atoms. The van der Waals surface area contributed by atoms with Crippen molar-refractivity contribution in [2.75, 3.05) is 13.1 Å². The third-order valence-corrected chi connectivity index (χ3v) is 3.53. The van der Waals surface area contributed by atoms with Gasteiger partial charge < -0.3 is 10.2 Å². The third-order valence-electron chi connectivity index (χ3n) is 3.53. The number of likely N-dealkylation sites (tertiary alicyclic amines) is 1. The summed E-state index contributed by atoms with van der Waals surface area (Å²) in [6, 6.07) is 4.19. The van der Waals surface area contributed by atoms with Gasteiger partial charge in [-0.3, -0.25) is 9.59 Å². The summed E-state index contributed by atoms with van der Waals surface area (Å²) in [5.41, 5.74) is 1.16. The van der Waals surface area contributed by atoms with Gasteiger partial charge in [-0.15, -0.1) is 0 Å². The minimum atomic E-state index is -0.339. The summed E-state index contributed by atoms with van der Waals surface area (Å²) in [4.78, 5) is 25.3. The topological polar surface area (TPSA) is 49.4 Å². The predicted molar refractivity (Wildman–Crippen MR) is 73.9 cm³/mol. The smallest absolute Gasteiger partial charge is 0.254 e. The minimum Gasteiger partial charge on any atom is -0.352 e. The van der Waals surface area contributed by atoms with Gasteiger partial charge in [0.1, 0.15) is 5.82 Å². The number of amides is 2. The van der Waals surface area contributed by atoms with Crippen molar-refractivity contribution < 1.29 is 14.0 Å². The molecule has 1 unspecified atom stereocenters. The van der Waals surface area contributed by atoms with Gasteiger partial charge in [-0.1, -0.05) is 0 Å². The molecule has 0 radical (unpaired) electrons. The summed E-state index contributed by atoms with van der Waals surface area (Å²) in [5, 5.41) is 2.85. The van der Waals surface area contributed by atoms with E-state index in [4.69, 9.17) is 0 Å². The molecule has 2 amide bonds. The van der Waals surface area contributed by atoms with Crippen molar-refractivity contribution in [3.63, 3.8) is 0 Å². The second kappa shape index (κ2) is 6.03. The van der Waals surface area contributed by atoms with Crippen LogP contribution < -0.4 is 5.32 Å². The van der Waals surface area contributed by atoms with Crippen molar-refractivity contribution in [1.29, 1.82) is 0 Å². The number of piperidine rings is 1. The van der Waals surface area contributed by atoms with Crippen molar-refractivity contribution in [2.45, 2.75) is 32.7 Å². The first-order chi connectivity index (χ1) is 9.47. The second-order valence-corrected chi connectivity index (χ2v) is 5.25. The van der Waals surface area contributed by atoms with Gasteiger partial charge in [-0.25, -0.2) is 4.39 Å². The van der Waals surface area contributed by atoms with Gasteiger partial charge in [0, 0.05) is 31.6 Å². The Morgan fingerprint density at radius 1 is 1.40 bits per heavy atom. The number of aryl methyl sites for hydroxylation is 1. The van der Waals surface area contributed by atoms with Crippen LogP contribution >= 0.6 is 0 Å². The zero-order chi connectivity index (χ0) is 14.7. The van der Waals surface area contributed by atoms with Gasteiger partial charge in [-0.05, 0) is 43.5 Å². The van der Waals surface area contributed by atoms with Crippen LogP contribution in [0.15, 0.2) is 18.2 Å². The summed E-state index contributed by atoms with van der Waals surface area (Å²) >= 11 is 0. The van der Waals surface area contributed by atoms with E-state index < -0.39 is 0 Å². The Balaban J connectivity index is 2.10. The zero-order valence-electron chi connectivity index (χ0n) is 11.8. The molecule has 0 saturated carbocycles. The number of nitrogens with zero attached hydrogens (tertiary/aromatic N) is 1. The molecule has 1 aliphatic rings. The molecule has 1 aromatic carbocycles. The first kappa shape index (κ1) is 14.5. The van der Waals surface area contributed by atoms with Crippen molar-refractivity contribution in [1.82, 2.24) is 10.2 Å². The zero-order valence-corrected chi connectivity index (χ0v) is 11.8. The molecule has 1 heterocycles. The number of carbonyl (C=O) groups is 2. The first-order valence-electron chi connectivity index (χ1n) is 6.80. The van der Waals surface area contributed by atoms with Crippen LogP contribution in [0.25, 0.3) is 0 Å². The Kier molecular flexibility index (Phi) is 4.37. The fourth-order valence-corrected chi connectivity index (χ4v) is 2.60. The van der Waals surface area contributed by atoms with Crippen LogP contribution in [0.2, 0.25) is 0 Å². The third kappa shape index (κ3) is 3.35. The number of carbonyl (C=O) groups excluding carboxylic acids is 2. The monoisotopic (exact) mass is 278 g/mol. The number of halogens is 1. The Morgan fingerprint density at radius 3 is 2.80 bits per heavy atom. The second-order valence-electron chi connectivity index (χ2n) is 5.25. The van der Waals surface area contributed by atoms with E-state index >= 15 is 0 Å². The van der Waals surface area contributed by atoms with Gasteiger partial charge in [0.15, 0.2) is 0 Å². The molecule has 108 valence electrons. The summed E-state index contributed by atoms with van der Waals surface area (Å²) in [7, 11) is 0. The molecule has 4 nitrogen and oxygen atoms in total. The summed E-state index contributed by atoms with van der Waals surface area (Å²) in [6.07, 6.45) is 1.74. The quantitative estimate of drug-likeness (QED) is 0.898. The molecule has 20 heavy (non-hydrogen) atoms. The van der Waals surface area contributed by atoms with Gasteiger partial charge in [0.2, 0.25) is 5.91 Å². The standard InChI is InChI=1S/C15H19FN2O2/c1-10-8-12(16)5-6-14(10)15(20)18-7-3-4-13(9-18)17-11(2)19/h5-6,8,13H,3-4,7,9H2,1-2H3,(H,17,19). The number of rotatable bonds is 2. The highest BCUT2D eigenvalue weighted by Gasteiger charge is 2.25. The Morgan fingerprint density at radius 2 is 2.15 bits per heavy atom. The van der Waals surface area contributed by atoms with Crippen molar-refractivity contribution in [3.8, 4) is 0 Å². The lowest BCUT2D eigenvalue weighted by molar-refractivity contribution is -0.120. The van der Waals surface area contributed by atoms with Gasteiger partial charge in [0.25, 0.3) is 5.91 Å². The van der Waals surface area contributed by atoms with Crippen molar-refractivity contribution >= 4 is 11.8 Å². The number of nitrogens with one attached hydrogen (secondary N) is 1. The van der Waals surface area contributed by atoms with Crippen LogP contribution in [0.5, 0.6) is 0 Å². The van der Waals surface area contributed by atoms with E-state index in [1.54, 1.807) is 11.8 Å². The molecule has 1 saturated heterocycles. The van der Waals surface area contributed by atoms with Crippen LogP contribution in [-0.4, -0.2) is 35.8 Å². The Labute approximate surface area is 118 Å². The highest BCUT2D eigenvalue weighted by Crippen LogP contribution is 2.17. The maximum Gasteiger partial charge on any atom is 0.254 e. The lowest BCUT2D eigenvalue weighted by Gasteiger charge is -2.33. The highest BCUT2D eigenvalue weighted by atomic mass is 19.1. The van der Waals surface area contributed by atoms with Crippen LogP contribution in [0.4, 0.5) is 4.39 Å². The largest absolute Gasteiger partial charge is 0.352 e. The van der Waals surface area contributed by atoms with E-state index in [0.717, 1.165) is 12.8 Å². The maximum absolute atomic E-state index is 13.1.